The molecule has 0 unspecified atom stereocenters. The number of carboxylic acid groups (broad SMARTS) is 1. The monoisotopic (exact) mass is 348 g/mol. The van der Waals surface area contributed by atoms with Gasteiger partial charge in [0.15, 0.2) is 0 Å². The SMILES string of the molecule is C[Si](C)(C)Oc1cc(C(=O)O)c(O[Si](C)(C)C)c2ccccc12. The van der Waals surface area contributed by atoms with Gasteiger partial charge in [-0.2, -0.15) is 0 Å². The van der Waals surface area contributed by atoms with Crippen molar-refractivity contribution in [1.29, 1.82) is 0 Å². The van der Waals surface area contributed by atoms with Crippen molar-refractivity contribution in [2.75, 3.05) is 0 Å². The minimum atomic E-state index is -1.95. The summed E-state index contributed by atoms with van der Waals surface area (Å²) in [6, 6.07) is 9.28. The molecule has 124 valence electrons. The van der Waals surface area contributed by atoms with E-state index in [9.17, 15) is 9.90 Å². The molecule has 0 fully saturated rings. The second-order valence-corrected chi connectivity index (χ2v) is 16.4. The molecule has 0 aromatic heterocycles. The first-order valence-corrected chi connectivity index (χ1v) is 14.5. The minimum absolute atomic E-state index is 0.166. The number of carbonyl (C=O) groups is 1. The Morgan fingerprint density at radius 2 is 1.43 bits per heavy atom. The maximum atomic E-state index is 11.8. The van der Waals surface area contributed by atoms with Crippen LogP contribution in [0, 0.1) is 0 Å². The van der Waals surface area contributed by atoms with Crippen molar-refractivity contribution in [3.8, 4) is 11.5 Å². The molecule has 0 radical (unpaired) electrons. The maximum absolute atomic E-state index is 11.8. The first kappa shape index (κ1) is 17.6. The van der Waals surface area contributed by atoms with Gasteiger partial charge in [0.25, 0.3) is 0 Å². The molecule has 2 aromatic carbocycles. The van der Waals surface area contributed by atoms with Crippen LogP contribution in [-0.2, 0) is 0 Å². The zero-order valence-corrected chi connectivity index (χ0v) is 16.6. The molecule has 4 nitrogen and oxygen atoms in total. The average Bonchev–Trinajstić information content (AvgIpc) is 2.38. The molecule has 0 heterocycles. The summed E-state index contributed by atoms with van der Waals surface area (Å²) < 4.78 is 12.2. The molecule has 2 aromatic rings. The number of aromatic carboxylic acids is 1. The molecular formula is C17H24O4Si2. The average molecular weight is 349 g/mol. The quantitative estimate of drug-likeness (QED) is 0.775. The van der Waals surface area contributed by atoms with Gasteiger partial charge in [-0.05, 0) is 45.3 Å². The Bertz CT molecular complexity index is 743. The largest absolute Gasteiger partial charge is 0.544 e. The fraction of sp³-hybridized carbons (Fsp3) is 0.353. The second-order valence-electron chi connectivity index (χ2n) is 7.53. The molecule has 0 saturated heterocycles. The second kappa shape index (κ2) is 6.01. The van der Waals surface area contributed by atoms with E-state index < -0.39 is 22.6 Å². The molecule has 0 aliphatic rings. The number of benzene rings is 2. The zero-order chi connectivity index (χ0) is 17.4. The van der Waals surface area contributed by atoms with E-state index in [1.165, 1.54) is 0 Å². The first-order valence-electron chi connectivity index (χ1n) is 7.65. The Morgan fingerprint density at radius 3 is 1.91 bits per heavy atom. The Labute approximate surface area is 139 Å². The summed E-state index contributed by atoms with van der Waals surface area (Å²) in [6.45, 7) is 12.4. The van der Waals surface area contributed by atoms with Gasteiger partial charge in [0.2, 0.25) is 16.6 Å². The van der Waals surface area contributed by atoms with Crippen molar-refractivity contribution < 1.29 is 18.8 Å². The predicted octanol–water partition coefficient (Wildman–Crippen LogP) is 4.97. The lowest BCUT2D eigenvalue weighted by atomic mass is 10.0. The Kier molecular flexibility index (Phi) is 4.59. The highest BCUT2D eigenvalue weighted by molar-refractivity contribution is 6.71. The third-order valence-electron chi connectivity index (χ3n) is 3.01. The van der Waals surface area contributed by atoms with Crippen LogP contribution in [0.1, 0.15) is 10.4 Å². The molecule has 0 bridgehead atoms. The molecule has 0 aliphatic carbocycles. The maximum Gasteiger partial charge on any atom is 0.339 e. The molecule has 0 amide bonds. The third kappa shape index (κ3) is 4.36. The summed E-state index contributed by atoms with van der Waals surface area (Å²) in [7, 11) is -3.81. The van der Waals surface area contributed by atoms with Gasteiger partial charge in [0, 0.05) is 10.8 Å². The lowest BCUT2D eigenvalue weighted by molar-refractivity contribution is 0.0694. The van der Waals surface area contributed by atoms with Crippen LogP contribution in [0.4, 0.5) is 0 Å². The fourth-order valence-corrected chi connectivity index (χ4v) is 3.97. The van der Waals surface area contributed by atoms with E-state index in [0.717, 1.165) is 10.8 Å². The van der Waals surface area contributed by atoms with Crippen LogP contribution in [0.25, 0.3) is 10.8 Å². The van der Waals surface area contributed by atoms with E-state index in [1.807, 2.05) is 43.9 Å². The number of hydrogen-bond acceptors (Lipinski definition) is 3. The molecular weight excluding hydrogens is 324 g/mol. The third-order valence-corrected chi connectivity index (χ3v) is 4.66. The van der Waals surface area contributed by atoms with Crippen molar-refractivity contribution in [3.63, 3.8) is 0 Å². The number of carboxylic acids is 1. The molecule has 6 heteroatoms. The van der Waals surface area contributed by atoms with Gasteiger partial charge in [-0.15, -0.1) is 0 Å². The van der Waals surface area contributed by atoms with E-state index in [4.69, 9.17) is 8.85 Å². The highest BCUT2D eigenvalue weighted by atomic mass is 28.4. The van der Waals surface area contributed by atoms with Crippen LogP contribution in [-0.4, -0.2) is 27.7 Å². The van der Waals surface area contributed by atoms with Crippen molar-refractivity contribution in [2.24, 2.45) is 0 Å². The number of hydrogen-bond donors (Lipinski definition) is 1. The molecule has 0 saturated carbocycles. The standard InChI is InChI=1S/C17H24O4Si2/c1-22(2,3)20-15-11-14(17(18)19)16(21-23(4,5)6)13-10-8-7-9-12(13)15/h7-11H,1-6H3,(H,18,19). The zero-order valence-electron chi connectivity index (χ0n) is 14.6. The van der Waals surface area contributed by atoms with Crippen molar-refractivity contribution in [3.05, 3.63) is 35.9 Å². The molecule has 1 N–H and O–H groups in total. The topological polar surface area (TPSA) is 55.8 Å². The Hall–Kier alpha value is -1.80. The number of fused-ring (bicyclic) bond motifs is 1. The van der Waals surface area contributed by atoms with Crippen LogP contribution in [0.5, 0.6) is 11.5 Å². The highest BCUT2D eigenvalue weighted by Crippen LogP contribution is 2.39. The molecule has 23 heavy (non-hydrogen) atoms. The van der Waals surface area contributed by atoms with E-state index >= 15 is 0 Å². The van der Waals surface area contributed by atoms with E-state index in [-0.39, 0.29) is 5.56 Å². The van der Waals surface area contributed by atoms with Gasteiger partial charge in [-0.3, -0.25) is 0 Å². The molecule has 0 spiro atoms. The van der Waals surface area contributed by atoms with E-state index in [0.29, 0.717) is 11.5 Å². The van der Waals surface area contributed by atoms with Gasteiger partial charge in [0.05, 0.1) is 0 Å². The van der Waals surface area contributed by atoms with Gasteiger partial charge >= 0.3 is 5.97 Å². The summed E-state index contributed by atoms with van der Waals surface area (Å²) in [5.41, 5.74) is 0.166. The summed E-state index contributed by atoms with van der Waals surface area (Å²) in [5.74, 6) is 0.0831. The lowest BCUT2D eigenvalue weighted by Crippen LogP contribution is -2.31. The van der Waals surface area contributed by atoms with E-state index in [2.05, 4.69) is 19.6 Å². The molecule has 2 rings (SSSR count). The van der Waals surface area contributed by atoms with Crippen LogP contribution in [0.3, 0.4) is 0 Å². The molecule has 0 aliphatic heterocycles. The van der Waals surface area contributed by atoms with Crippen LogP contribution < -0.4 is 8.85 Å². The summed E-state index contributed by atoms with van der Waals surface area (Å²) in [6.07, 6.45) is 0. The summed E-state index contributed by atoms with van der Waals surface area (Å²) in [4.78, 5) is 11.8. The summed E-state index contributed by atoms with van der Waals surface area (Å²) in [5, 5.41) is 11.3. The number of rotatable bonds is 5. The van der Waals surface area contributed by atoms with Crippen molar-refractivity contribution in [1.82, 2.24) is 0 Å². The van der Waals surface area contributed by atoms with Crippen LogP contribution >= 0.6 is 0 Å². The Morgan fingerprint density at radius 1 is 0.913 bits per heavy atom. The summed E-state index contributed by atoms with van der Waals surface area (Å²) >= 11 is 0. The highest BCUT2D eigenvalue weighted by Gasteiger charge is 2.26. The normalized spacial score (nSPS) is 12.3. The van der Waals surface area contributed by atoms with Crippen molar-refractivity contribution >= 4 is 33.4 Å². The van der Waals surface area contributed by atoms with Gasteiger partial charge in [-0.1, -0.05) is 24.3 Å². The predicted molar refractivity (Wildman–Crippen MR) is 98.9 cm³/mol. The minimum Gasteiger partial charge on any atom is -0.544 e. The fourth-order valence-electron chi connectivity index (χ4n) is 2.30. The van der Waals surface area contributed by atoms with Crippen molar-refractivity contribution in [2.45, 2.75) is 39.3 Å². The van der Waals surface area contributed by atoms with Crippen LogP contribution in [0.2, 0.25) is 39.3 Å². The smallest absolute Gasteiger partial charge is 0.339 e. The van der Waals surface area contributed by atoms with Gasteiger partial charge in [0.1, 0.15) is 17.1 Å². The van der Waals surface area contributed by atoms with Gasteiger partial charge in [-0.25, -0.2) is 4.79 Å². The van der Waals surface area contributed by atoms with Crippen LogP contribution in [0.15, 0.2) is 30.3 Å². The first-order chi connectivity index (χ1) is 10.5. The van der Waals surface area contributed by atoms with Gasteiger partial charge < -0.3 is 14.0 Å². The van der Waals surface area contributed by atoms with E-state index in [1.54, 1.807) is 6.07 Å². The molecule has 0 atom stereocenters. The Balaban J connectivity index is 2.77. The lowest BCUT2D eigenvalue weighted by Gasteiger charge is -2.25.